The summed E-state index contributed by atoms with van der Waals surface area (Å²) in [4.78, 5) is 7.15. The van der Waals surface area contributed by atoms with Crippen molar-refractivity contribution in [2.75, 3.05) is 19.6 Å². The van der Waals surface area contributed by atoms with Crippen LogP contribution >= 0.6 is 0 Å². The molecule has 0 aromatic rings. The van der Waals surface area contributed by atoms with Gasteiger partial charge in [-0.25, -0.2) is 0 Å². The maximum Gasteiger partial charge on any atom is 0.194 e. The zero-order chi connectivity index (χ0) is 13.0. The van der Waals surface area contributed by atoms with Crippen molar-refractivity contribution < 1.29 is 0 Å². The Bertz CT molecular complexity index is 281. The van der Waals surface area contributed by atoms with Gasteiger partial charge in [0.1, 0.15) is 0 Å². The molecular formula is C15H29N3. The third-order valence-corrected chi connectivity index (χ3v) is 4.14. The lowest BCUT2D eigenvalue weighted by atomic mass is 9.93. The number of aliphatic imine (C=N–C) groups is 1. The predicted octanol–water partition coefficient (Wildman–Crippen LogP) is 2.87. The zero-order valence-electron chi connectivity index (χ0n) is 12.3. The number of rotatable bonds is 4. The van der Waals surface area contributed by atoms with Crippen LogP contribution in [0.1, 0.15) is 52.9 Å². The van der Waals surface area contributed by atoms with E-state index in [2.05, 4.69) is 36.0 Å². The quantitative estimate of drug-likeness (QED) is 0.614. The van der Waals surface area contributed by atoms with Crippen LogP contribution in [0.25, 0.3) is 0 Å². The fourth-order valence-electron chi connectivity index (χ4n) is 3.01. The van der Waals surface area contributed by atoms with Crippen molar-refractivity contribution in [3.8, 4) is 0 Å². The van der Waals surface area contributed by atoms with Crippen molar-refractivity contribution in [1.82, 2.24) is 10.2 Å². The summed E-state index contributed by atoms with van der Waals surface area (Å²) in [7, 11) is 0. The van der Waals surface area contributed by atoms with Crippen LogP contribution in [0.3, 0.4) is 0 Å². The first-order valence-corrected chi connectivity index (χ1v) is 7.75. The molecule has 1 N–H and O–H groups in total. The van der Waals surface area contributed by atoms with E-state index in [1.807, 2.05) is 0 Å². The second kappa shape index (κ2) is 6.44. The normalized spacial score (nSPS) is 25.7. The highest BCUT2D eigenvalue weighted by Crippen LogP contribution is 2.24. The average molecular weight is 251 g/mol. The van der Waals surface area contributed by atoms with Crippen molar-refractivity contribution in [2.45, 2.75) is 58.9 Å². The molecule has 1 unspecified atom stereocenters. The second-order valence-corrected chi connectivity index (χ2v) is 6.30. The third-order valence-electron chi connectivity index (χ3n) is 4.14. The van der Waals surface area contributed by atoms with E-state index in [1.165, 1.54) is 51.2 Å². The average Bonchev–Trinajstić information content (AvgIpc) is 2.69. The van der Waals surface area contributed by atoms with E-state index in [0.29, 0.717) is 6.04 Å². The molecule has 0 bridgehead atoms. The topological polar surface area (TPSA) is 27.6 Å². The molecule has 0 aromatic heterocycles. The van der Waals surface area contributed by atoms with E-state index in [1.54, 1.807) is 0 Å². The monoisotopic (exact) mass is 251 g/mol. The van der Waals surface area contributed by atoms with E-state index >= 15 is 0 Å². The smallest absolute Gasteiger partial charge is 0.194 e. The van der Waals surface area contributed by atoms with Gasteiger partial charge in [-0.3, -0.25) is 4.99 Å². The van der Waals surface area contributed by atoms with Gasteiger partial charge in [0.2, 0.25) is 0 Å². The number of guanidine groups is 1. The largest absolute Gasteiger partial charge is 0.354 e. The number of hydrogen-bond acceptors (Lipinski definition) is 1. The Hall–Kier alpha value is -0.730. The first-order valence-electron chi connectivity index (χ1n) is 7.75. The molecule has 2 fully saturated rings. The summed E-state index contributed by atoms with van der Waals surface area (Å²) in [5, 5.41) is 3.65. The summed E-state index contributed by atoms with van der Waals surface area (Å²) in [6, 6.07) is 0.694. The molecule has 0 amide bonds. The lowest BCUT2D eigenvalue weighted by Gasteiger charge is -2.31. The van der Waals surface area contributed by atoms with Crippen LogP contribution in [0.15, 0.2) is 4.99 Å². The summed E-state index contributed by atoms with van der Waals surface area (Å²) in [6.07, 6.45) is 6.73. The van der Waals surface area contributed by atoms with E-state index in [0.717, 1.165) is 18.4 Å². The van der Waals surface area contributed by atoms with Crippen LogP contribution in [0.2, 0.25) is 0 Å². The van der Waals surface area contributed by atoms with Gasteiger partial charge in [-0.2, -0.15) is 0 Å². The molecule has 18 heavy (non-hydrogen) atoms. The van der Waals surface area contributed by atoms with Gasteiger partial charge in [-0.15, -0.1) is 0 Å². The van der Waals surface area contributed by atoms with Gasteiger partial charge in [-0.05, 0) is 50.9 Å². The molecule has 3 nitrogen and oxygen atoms in total. The molecule has 0 radical (unpaired) electrons. The summed E-state index contributed by atoms with van der Waals surface area (Å²) in [6.45, 7) is 10.1. The Morgan fingerprint density at radius 2 is 2.11 bits per heavy atom. The number of hydrogen-bond donors (Lipinski definition) is 1. The van der Waals surface area contributed by atoms with Crippen molar-refractivity contribution in [1.29, 1.82) is 0 Å². The fraction of sp³-hybridized carbons (Fsp3) is 0.933. The Kier molecular flexibility index (Phi) is 4.90. The molecule has 2 rings (SSSR count). The van der Waals surface area contributed by atoms with Gasteiger partial charge >= 0.3 is 0 Å². The standard InChI is InChI=1S/C15H29N3/c1-4-16-15(17-14-6-5-7-14)18-9-8-13(11-18)10-12(2)3/h12-14H,4-11H2,1-3H3,(H,16,17). The van der Waals surface area contributed by atoms with E-state index < -0.39 is 0 Å². The SMILES string of the molecule is CCN=C(NC1CCC1)N1CCC(CC(C)C)C1. The van der Waals surface area contributed by atoms with Crippen LogP contribution in [0, 0.1) is 11.8 Å². The molecule has 1 atom stereocenters. The minimum Gasteiger partial charge on any atom is -0.354 e. The summed E-state index contributed by atoms with van der Waals surface area (Å²) in [5.41, 5.74) is 0. The zero-order valence-corrected chi connectivity index (χ0v) is 12.3. The molecule has 1 aliphatic heterocycles. The van der Waals surface area contributed by atoms with Gasteiger partial charge in [-0.1, -0.05) is 13.8 Å². The second-order valence-electron chi connectivity index (χ2n) is 6.30. The Labute approximate surface area is 112 Å². The highest BCUT2D eigenvalue weighted by Gasteiger charge is 2.27. The third kappa shape index (κ3) is 3.63. The lowest BCUT2D eigenvalue weighted by Crippen LogP contribution is -2.47. The molecule has 1 heterocycles. The maximum atomic E-state index is 4.67. The van der Waals surface area contributed by atoms with Crippen LogP contribution < -0.4 is 5.32 Å². The lowest BCUT2D eigenvalue weighted by molar-refractivity contribution is 0.353. The van der Waals surface area contributed by atoms with Gasteiger partial charge in [0.05, 0.1) is 0 Å². The Morgan fingerprint density at radius 3 is 2.67 bits per heavy atom. The van der Waals surface area contributed by atoms with Crippen molar-refractivity contribution in [2.24, 2.45) is 16.8 Å². The maximum absolute atomic E-state index is 4.67. The minimum atomic E-state index is 0.694. The van der Waals surface area contributed by atoms with Crippen LogP contribution in [0.5, 0.6) is 0 Å². The first kappa shape index (κ1) is 13.7. The number of nitrogens with one attached hydrogen (secondary N) is 1. The molecule has 104 valence electrons. The van der Waals surface area contributed by atoms with Crippen molar-refractivity contribution in [3.63, 3.8) is 0 Å². The highest BCUT2D eigenvalue weighted by molar-refractivity contribution is 5.80. The molecular weight excluding hydrogens is 222 g/mol. The minimum absolute atomic E-state index is 0.694. The number of likely N-dealkylation sites (tertiary alicyclic amines) is 1. The summed E-state index contributed by atoms with van der Waals surface area (Å²) >= 11 is 0. The van der Waals surface area contributed by atoms with E-state index in [-0.39, 0.29) is 0 Å². The van der Waals surface area contributed by atoms with Crippen molar-refractivity contribution >= 4 is 5.96 Å². The Balaban J connectivity index is 1.85. The number of nitrogens with zero attached hydrogens (tertiary/aromatic N) is 2. The molecule has 2 aliphatic rings. The molecule has 1 saturated heterocycles. The molecule has 0 spiro atoms. The predicted molar refractivity (Wildman–Crippen MR) is 77.9 cm³/mol. The summed E-state index contributed by atoms with van der Waals surface area (Å²) < 4.78 is 0. The van der Waals surface area contributed by atoms with Gasteiger partial charge < -0.3 is 10.2 Å². The highest BCUT2D eigenvalue weighted by atomic mass is 15.3. The fourth-order valence-corrected chi connectivity index (χ4v) is 3.01. The molecule has 1 aliphatic carbocycles. The molecule has 1 saturated carbocycles. The molecule has 0 aromatic carbocycles. The van der Waals surface area contributed by atoms with Gasteiger partial charge in [0.15, 0.2) is 5.96 Å². The molecule has 3 heteroatoms. The van der Waals surface area contributed by atoms with E-state index in [4.69, 9.17) is 0 Å². The van der Waals surface area contributed by atoms with Crippen LogP contribution in [-0.2, 0) is 0 Å². The van der Waals surface area contributed by atoms with Crippen LogP contribution in [-0.4, -0.2) is 36.5 Å². The van der Waals surface area contributed by atoms with Crippen LogP contribution in [0.4, 0.5) is 0 Å². The first-order chi connectivity index (χ1) is 8.69. The van der Waals surface area contributed by atoms with Gasteiger partial charge in [0.25, 0.3) is 0 Å². The van der Waals surface area contributed by atoms with E-state index in [9.17, 15) is 0 Å². The summed E-state index contributed by atoms with van der Waals surface area (Å²) in [5.74, 6) is 2.87. The Morgan fingerprint density at radius 1 is 1.33 bits per heavy atom. The van der Waals surface area contributed by atoms with Crippen molar-refractivity contribution in [3.05, 3.63) is 0 Å². The van der Waals surface area contributed by atoms with Gasteiger partial charge in [0, 0.05) is 25.7 Å².